The van der Waals surface area contributed by atoms with Crippen LogP contribution in [-0.2, 0) is 19.9 Å². The van der Waals surface area contributed by atoms with Crippen molar-refractivity contribution in [1.29, 1.82) is 0 Å². The maximum absolute atomic E-state index is 9.95. The maximum Gasteiger partial charge on any atom is 0.138 e. The largest absolute Gasteiger partial charge is 0.392 e. The van der Waals surface area contributed by atoms with Crippen molar-refractivity contribution < 1.29 is 5.11 Å². The highest BCUT2D eigenvalue weighted by Crippen LogP contribution is 2.12. The lowest BCUT2D eigenvalue weighted by Crippen LogP contribution is -2.16. The van der Waals surface area contributed by atoms with Crippen molar-refractivity contribution in [3.05, 3.63) is 47.0 Å². The summed E-state index contributed by atoms with van der Waals surface area (Å²) in [5, 5.41) is 14.6. The Morgan fingerprint density at radius 3 is 2.59 bits per heavy atom. The topological polar surface area (TPSA) is 50.9 Å². The molecule has 1 unspecified atom stereocenters. The van der Waals surface area contributed by atoms with E-state index in [2.05, 4.69) is 10.1 Å². The molecule has 0 saturated heterocycles. The van der Waals surface area contributed by atoms with Gasteiger partial charge in [0.2, 0.25) is 0 Å². The molecule has 0 fully saturated rings. The van der Waals surface area contributed by atoms with Gasteiger partial charge in [0.05, 0.1) is 6.10 Å². The summed E-state index contributed by atoms with van der Waals surface area (Å²) in [6, 6.07) is 7.49. The SMILES string of the molecule is Cn1ncnc1CC(O)Cc1ccc(Cl)cc1. The van der Waals surface area contributed by atoms with Crippen molar-refractivity contribution in [3.8, 4) is 0 Å². The molecule has 2 aromatic rings. The van der Waals surface area contributed by atoms with Crippen LogP contribution in [0.3, 0.4) is 0 Å². The minimum atomic E-state index is -0.459. The fourth-order valence-electron chi connectivity index (χ4n) is 1.68. The Hall–Kier alpha value is -1.39. The number of benzene rings is 1. The first kappa shape index (κ1) is 12.1. The summed E-state index contributed by atoms with van der Waals surface area (Å²) in [5.74, 6) is 0.784. The zero-order chi connectivity index (χ0) is 12.3. The van der Waals surface area contributed by atoms with Crippen molar-refractivity contribution in [2.75, 3.05) is 0 Å². The van der Waals surface area contributed by atoms with Gasteiger partial charge >= 0.3 is 0 Å². The maximum atomic E-state index is 9.95. The third kappa shape index (κ3) is 3.28. The molecule has 0 radical (unpaired) electrons. The van der Waals surface area contributed by atoms with Gasteiger partial charge in [-0.05, 0) is 24.1 Å². The molecular formula is C12H14ClN3O. The predicted octanol–water partition coefficient (Wildman–Crippen LogP) is 1.61. The highest BCUT2D eigenvalue weighted by atomic mass is 35.5. The van der Waals surface area contributed by atoms with Crippen LogP contribution in [0.1, 0.15) is 11.4 Å². The van der Waals surface area contributed by atoms with E-state index < -0.39 is 6.10 Å². The predicted molar refractivity (Wildman–Crippen MR) is 65.9 cm³/mol. The van der Waals surface area contributed by atoms with Gasteiger partial charge in [0.1, 0.15) is 12.2 Å². The Balaban J connectivity index is 1.95. The van der Waals surface area contributed by atoms with E-state index in [9.17, 15) is 5.11 Å². The first-order chi connectivity index (χ1) is 8.15. The number of aliphatic hydroxyl groups excluding tert-OH is 1. The molecule has 1 atom stereocenters. The smallest absolute Gasteiger partial charge is 0.138 e. The summed E-state index contributed by atoms with van der Waals surface area (Å²) in [6.45, 7) is 0. The van der Waals surface area contributed by atoms with Gasteiger partial charge in [-0.2, -0.15) is 5.10 Å². The van der Waals surface area contributed by atoms with Crippen LogP contribution in [0.5, 0.6) is 0 Å². The number of aromatic nitrogens is 3. The van der Waals surface area contributed by atoms with Crippen LogP contribution in [0.25, 0.3) is 0 Å². The second-order valence-corrected chi connectivity index (χ2v) is 4.42. The third-order valence-electron chi connectivity index (χ3n) is 2.61. The second kappa shape index (κ2) is 5.29. The average Bonchev–Trinajstić information content (AvgIpc) is 2.68. The van der Waals surface area contributed by atoms with E-state index in [4.69, 9.17) is 11.6 Å². The van der Waals surface area contributed by atoms with Crippen LogP contribution in [-0.4, -0.2) is 26.0 Å². The highest BCUT2D eigenvalue weighted by molar-refractivity contribution is 6.30. The normalized spacial score (nSPS) is 12.6. The Morgan fingerprint density at radius 1 is 1.29 bits per heavy atom. The van der Waals surface area contributed by atoms with Gasteiger partial charge in [-0.25, -0.2) is 4.98 Å². The van der Waals surface area contributed by atoms with Crippen LogP contribution < -0.4 is 0 Å². The number of nitrogens with zero attached hydrogens (tertiary/aromatic N) is 3. The summed E-state index contributed by atoms with van der Waals surface area (Å²) >= 11 is 5.80. The molecule has 4 nitrogen and oxygen atoms in total. The lowest BCUT2D eigenvalue weighted by Gasteiger charge is -2.09. The summed E-state index contributed by atoms with van der Waals surface area (Å²) in [4.78, 5) is 4.08. The van der Waals surface area contributed by atoms with Crippen molar-refractivity contribution in [2.45, 2.75) is 18.9 Å². The molecule has 90 valence electrons. The first-order valence-electron chi connectivity index (χ1n) is 5.40. The Bertz CT molecular complexity index is 481. The Kier molecular flexibility index (Phi) is 3.76. The van der Waals surface area contributed by atoms with E-state index in [0.29, 0.717) is 17.9 Å². The van der Waals surface area contributed by atoms with E-state index in [1.807, 2.05) is 31.3 Å². The number of halogens is 1. The molecule has 5 heteroatoms. The summed E-state index contributed by atoms with van der Waals surface area (Å²) in [6.07, 6.45) is 2.12. The van der Waals surface area contributed by atoms with Gasteiger partial charge in [-0.3, -0.25) is 4.68 Å². The van der Waals surface area contributed by atoms with Crippen LogP contribution >= 0.6 is 11.6 Å². The van der Waals surface area contributed by atoms with Crippen LogP contribution in [0.15, 0.2) is 30.6 Å². The average molecular weight is 252 g/mol. The summed E-state index contributed by atoms with van der Waals surface area (Å²) in [7, 11) is 1.82. The van der Waals surface area contributed by atoms with E-state index >= 15 is 0 Å². The molecule has 1 heterocycles. The fourth-order valence-corrected chi connectivity index (χ4v) is 1.81. The van der Waals surface area contributed by atoms with Crippen molar-refractivity contribution in [2.24, 2.45) is 7.05 Å². The fraction of sp³-hybridized carbons (Fsp3) is 0.333. The number of rotatable bonds is 4. The Labute approximate surface area is 105 Å². The molecule has 1 N–H and O–H groups in total. The van der Waals surface area contributed by atoms with Gasteiger partial charge in [-0.15, -0.1) is 0 Å². The first-order valence-corrected chi connectivity index (χ1v) is 5.78. The Morgan fingerprint density at radius 2 is 2.00 bits per heavy atom. The standard InChI is InChI=1S/C12H14ClN3O/c1-16-12(14-8-15-16)7-11(17)6-9-2-4-10(13)5-3-9/h2-5,8,11,17H,6-7H2,1H3. The molecule has 0 amide bonds. The van der Waals surface area contributed by atoms with Crippen molar-refractivity contribution in [3.63, 3.8) is 0 Å². The van der Waals surface area contributed by atoms with Gasteiger partial charge < -0.3 is 5.11 Å². The van der Waals surface area contributed by atoms with Crippen molar-refractivity contribution in [1.82, 2.24) is 14.8 Å². The molecule has 0 saturated carbocycles. The van der Waals surface area contributed by atoms with Gasteiger partial charge in [0.25, 0.3) is 0 Å². The van der Waals surface area contributed by atoms with Gasteiger partial charge in [0.15, 0.2) is 0 Å². The van der Waals surface area contributed by atoms with Gasteiger partial charge in [-0.1, -0.05) is 23.7 Å². The molecule has 1 aromatic heterocycles. The van der Waals surface area contributed by atoms with E-state index in [1.165, 1.54) is 6.33 Å². The van der Waals surface area contributed by atoms with E-state index in [0.717, 1.165) is 11.4 Å². The minimum absolute atomic E-state index is 0.459. The summed E-state index contributed by atoms with van der Waals surface area (Å²) in [5.41, 5.74) is 1.06. The van der Waals surface area contributed by atoms with Crippen LogP contribution in [0, 0.1) is 0 Å². The minimum Gasteiger partial charge on any atom is -0.392 e. The van der Waals surface area contributed by atoms with E-state index in [-0.39, 0.29) is 0 Å². The molecule has 17 heavy (non-hydrogen) atoms. The van der Waals surface area contributed by atoms with Crippen LogP contribution in [0.2, 0.25) is 5.02 Å². The zero-order valence-electron chi connectivity index (χ0n) is 9.55. The van der Waals surface area contributed by atoms with E-state index in [1.54, 1.807) is 4.68 Å². The zero-order valence-corrected chi connectivity index (χ0v) is 10.3. The molecule has 0 aliphatic rings. The van der Waals surface area contributed by atoms with Crippen LogP contribution in [0.4, 0.5) is 0 Å². The molecule has 0 aliphatic heterocycles. The number of hydrogen-bond donors (Lipinski definition) is 1. The molecule has 0 spiro atoms. The lowest BCUT2D eigenvalue weighted by atomic mass is 10.1. The molecule has 0 aliphatic carbocycles. The van der Waals surface area contributed by atoms with Gasteiger partial charge in [0, 0.05) is 18.5 Å². The third-order valence-corrected chi connectivity index (χ3v) is 2.86. The number of aliphatic hydroxyl groups is 1. The highest BCUT2D eigenvalue weighted by Gasteiger charge is 2.10. The molecule has 0 bridgehead atoms. The molecular weight excluding hydrogens is 238 g/mol. The quantitative estimate of drug-likeness (QED) is 0.898. The second-order valence-electron chi connectivity index (χ2n) is 3.99. The number of aryl methyl sites for hydroxylation is 1. The van der Waals surface area contributed by atoms with Crippen molar-refractivity contribution >= 4 is 11.6 Å². The summed E-state index contributed by atoms with van der Waals surface area (Å²) < 4.78 is 1.67. The lowest BCUT2D eigenvalue weighted by molar-refractivity contribution is 0.171. The molecule has 2 rings (SSSR count). The molecule has 1 aromatic carbocycles. The number of hydrogen-bond acceptors (Lipinski definition) is 3. The monoisotopic (exact) mass is 251 g/mol.